The monoisotopic (exact) mass is 224 g/mol. The molecule has 0 radical (unpaired) electrons. The molecule has 16 heavy (non-hydrogen) atoms. The van der Waals surface area contributed by atoms with E-state index in [1.807, 2.05) is 0 Å². The predicted molar refractivity (Wildman–Crippen MR) is 75.8 cm³/mol. The highest BCUT2D eigenvalue weighted by Gasteiger charge is 2.02. The van der Waals surface area contributed by atoms with E-state index in [1.165, 1.54) is 56.9 Å². The Morgan fingerprint density at radius 3 is 2.00 bits per heavy atom. The molecule has 0 spiro atoms. The van der Waals surface area contributed by atoms with Gasteiger partial charge in [-0.15, -0.1) is 0 Å². The van der Waals surface area contributed by atoms with E-state index < -0.39 is 0 Å². The zero-order valence-corrected chi connectivity index (χ0v) is 12.0. The first kappa shape index (κ1) is 15.7. The van der Waals surface area contributed by atoms with Crippen molar-refractivity contribution in [3.8, 4) is 0 Å². The zero-order chi connectivity index (χ0) is 12.4. The van der Waals surface area contributed by atoms with Gasteiger partial charge in [-0.1, -0.05) is 65.5 Å². The van der Waals surface area contributed by atoms with E-state index in [-0.39, 0.29) is 0 Å². The third-order valence-corrected chi connectivity index (χ3v) is 3.32. The lowest BCUT2D eigenvalue weighted by atomic mass is 9.95. The molecule has 0 aliphatic rings. The van der Waals surface area contributed by atoms with Crippen LogP contribution in [0.1, 0.15) is 79.1 Å². The Bertz CT molecular complexity index is 167. The molecule has 0 saturated carbocycles. The summed E-state index contributed by atoms with van der Waals surface area (Å²) in [5, 5.41) is 0. The number of hydrogen-bond acceptors (Lipinski definition) is 0. The summed E-state index contributed by atoms with van der Waals surface area (Å²) in [7, 11) is 0. The van der Waals surface area contributed by atoms with Crippen LogP contribution in [0.25, 0.3) is 0 Å². The van der Waals surface area contributed by atoms with Crippen LogP contribution in [0.2, 0.25) is 0 Å². The fraction of sp³-hybridized carbons (Fsp3) is 0.875. The maximum Gasteiger partial charge on any atom is -0.0323 e. The molecule has 0 rings (SSSR count). The summed E-state index contributed by atoms with van der Waals surface area (Å²) in [5.41, 5.74) is 1.48. The Kier molecular flexibility index (Phi) is 9.77. The third kappa shape index (κ3) is 10.3. The molecule has 96 valence electrons. The predicted octanol–water partition coefficient (Wildman–Crippen LogP) is 5.98. The summed E-state index contributed by atoms with van der Waals surface area (Å²) in [6.07, 6.45) is 10.6. The van der Waals surface area contributed by atoms with E-state index in [0.29, 0.717) is 0 Å². The first-order valence-electron chi connectivity index (χ1n) is 7.22. The van der Waals surface area contributed by atoms with Gasteiger partial charge in [-0.05, 0) is 37.5 Å². The Morgan fingerprint density at radius 2 is 1.50 bits per heavy atom. The SMILES string of the molecule is C=C(CCCC(C)C)CCCC(C)CCC. The summed E-state index contributed by atoms with van der Waals surface area (Å²) in [6.45, 7) is 13.5. The van der Waals surface area contributed by atoms with Crippen molar-refractivity contribution >= 4 is 0 Å². The number of rotatable bonds is 10. The van der Waals surface area contributed by atoms with Gasteiger partial charge in [0.1, 0.15) is 0 Å². The fourth-order valence-electron chi connectivity index (χ4n) is 2.22. The van der Waals surface area contributed by atoms with E-state index in [4.69, 9.17) is 0 Å². The second-order valence-electron chi connectivity index (χ2n) is 5.82. The van der Waals surface area contributed by atoms with Gasteiger partial charge in [-0.3, -0.25) is 0 Å². The molecule has 0 nitrogen and oxygen atoms in total. The van der Waals surface area contributed by atoms with Crippen LogP contribution in [0.5, 0.6) is 0 Å². The fourth-order valence-corrected chi connectivity index (χ4v) is 2.22. The lowest BCUT2D eigenvalue weighted by molar-refractivity contribution is 0.466. The number of hydrogen-bond donors (Lipinski definition) is 0. The van der Waals surface area contributed by atoms with Crippen LogP contribution in [0.4, 0.5) is 0 Å². The summed E-state index contributed by atoms with van der Waals surface area (Å²) in [5.74, 6) is 1.76. The normalized spacial score (nSPS) is 13.1. The Hall–Kier alpha value is -0.260. The standard InChI is InChI=1S/C16H32/c1-6-9-15(4)12-8-13-16(5)11-7-10-14(2)3/h14-15H,5-13H2,1-4H3. The highest BCUT2D eigenvalue weighted by molar-refractivity contribution is 4.93. The third-order valence-electron chi connectivity index (χ3n) is 3.32. The van der Waals surface area contributed by atoms with E-state index in [9.17, 15) is 0 Å². The van der Waals surface area contributed by atoms with Gasteiger partial charge in [0, 0.05) is 0 Å². The van der Waals surface area contributed by atoms with E-state index >= 15 is 0 Å². The lowest BCUT2D eigenvalue weighted by Gasteiger charge is -2.11. The van der Waals surface area contributed by atoms with Crippen molar-refractivity contribution in [2.45, 2.75) is 79.1 Å². The minimum atomic E-state index is 0.845. The van der Waals surface area contributed by atoms with Crippen molar-refractivity contribution in [2.24, 2.45) is 11.8 Å². The van der Waals surface area contributed by atoms with Crippen LogP contribution in [0.3, 0.4) is 0 Å². The first-order valence-corrected chi connectivity index (χ1v) is 7.22. The molecule has 0 aromatic carbocycles. The van der Waals surface area contributed by atoms with Crippen LogP contribution in [-0.4, -0.2) is 0 Å². The van der Waals surface area contributed by atoms with Gasteiger partial charge in [0.15, 0.2) is 0 Å². The van der Waals surface area contributed by atoms with Gasteiger partial charge >= 0.3 is 0 Å². The van der Waals surface area contributed by atoms with Crippen LogP contribution in [0.15, 0.2) is 12.2 Å². The minimum Gasteiger partial charge on any atom is -0.0999 e. The molecule has 0 bridgehead atoms. The Balaban J connectivity index is 3.36. The van der Waals surface area contributed by atoms with Crippen molar-refractivity contribution < 1.29 is 0 Å². The minimum absolute atomic E-state index is 0.845. The van der Waals surface area contributed by atoms with E-state index in [0.717, 1.165) is 11.8 Å². The second-order valence-corrected chi connectivity index (χ2v) is 5.82. The van der Waals surface area contributed by atoms with Crippen LogP contribution >= 0.6 is 0 Å². The quantitative estimate of drug-likeness (QED) is 0.401. The summed E-state index contributed by atoms with van der Waals surface area (Å²) >= 11 is 0. The van der Waals surface area contributed by atoms with Crippen molar-refractivity contribution in [3.63, 3.8) is 0 Å². The van der Waals surface area contributed by atoms with Gasteiger partial charge in [0.2, 0.25) is 0 Å². The molecule has 0 N–H and O–H groups in total. The molecule has 0 heterocycles. The molecule has 1 atom stereocenters. The molecule has 0 saturated heterocycles. The molecule has 0 aromatic heterocycles. The van der Waals surface area contributed by atoms with Crippen LogP contribution in [-0.2, 0) is 0 Å². The summed E-state index contributed by atoms with van der Waals surface area (Å²) < 4.78 is 0. The molecule has 1 unspecified atom stereocenters. The van der Waals surface area contributed by atoms with Gasteiger partial charge in [-0.2, -0.15) is 0 Å². The average Bonchev–Trinajstić information content (AvgIpc) is 2.17. The second kappa shape index (κ2) is 9.93. The van der Waals surface area contributed by atoms with Crippen molar-refractivity contribution in [1.29, 1.82) is 0 Å². The molecular formula is C16H32. The Labute approximate surface area is 104 Å². The largest absolute Gasteiger partial charge is 0.0999 e. The van der Waals surface area contributed by atoms with Crippen molar-refractivity contribution in [2.75, 3.05) is 0 Å². The van der Waals surface area contributed by atoms with Crippen LogP contribution in [0, 0.1) is 11.8 Å². The molecule has 0 heteroatoms. The van der Waals surface area contributed by atoms with Crippen molar-refractivity contribution in [3.05, 3.63) is 12.2 Å². The van der Waals surface area contributed by atoms with Gasteiger partial charge in [0.05, 0.1) is 0 Å². The van der Waals surface area contributed by atoms with Gasteiger partial charge in [-0.25, -0.2) is 0 Å². The highest BCUT2D eigenvalue weighted by atomic mass is 14.1. The van der Waals surface area contributed by atoms with Gasteiger partial charge < -0.3 is 0 Å². The first-order chi connectivity index (χ1) is 7.56. The molecular weight excluding hydrogens is 192 g/mol. The number of allylic oxidation sites excluding steroid dienone is 1. The van der Waals surface area contributed by atoms with E-state index in [1.54, 1.807) is 0 Å². The Morgan fingerprint density at radius 1 is 0.938 bits per heavy atom. The molecule has 0 fully saturated rings. The molecule has 0 amide bonds. The topological polar surface area (TPSA) is 0 Å². The maximum absolute atomic E-state index is 4.19. The van der Waals surface area contributed by atoms with Crippen LogP contribution < -0.4 is 0 Å². The summed E-state index contributed by atoms with van der Waals surface area (Å²) in [4.78, 5) is 0. The molecule has 0 aliphatic heterocycles. The van der Waals surface area contributed by atoms with Gasteiger partial charge in [0.25, 0.3) is 0 Å². The lowest BCUT2D eigenvalue weighted by Crippen LogP contribution is -1.95. The summed E-state index contributed by atoms with van der Waals surface area (Å²) in [6, 6.07) is 0. The average molecular weight is 224 g/mol. The maximum atomic E-state index is 4.19. The molecule has 0 aliphatic carbocycles. The van der Waals surface area contributed by atoms with E-state index in [2.05, 4.69) is 34.3 Å². The zero-order valence-electron chi connectivity index (χ0n) is 12.0. The smallest absolute Gasteiger partial charge is 0.0323 e. The molecule has 0 aromatic rings. The van der Waals surface area contributed by atoms with Crippen molar-refractivity contribution in [1.82, 2.24) is 0 Å². The highest BCUT2D eigenvalue weighted by Crippen LogP contribution is 2.19.